The molecule has 1 aliphatic rings. The number of carbonyl (C=O) groups excluding carboxylic acids is 1. The van der Waals surface area contributed by atoms with Crippen molar-refractivity contribution in [3.63, 3.8) is 0 Å². The van der Waals surface area contributed by atoms with Gasteiger partial charge in [-0.1, -0.05) is 6.92 Å². The van der Waals surface area contributed by atoms with E-state index in [9.17, 15) is 4.79 Å². The number of ether oxygens (including phenoxy) is 1. The lowest BCUT2D eigenvalue weighted by Crippen LogP contribution is -2.40. The molecule has 0 aromatic heterocycles. The Kier molecular flexibility index (Phi) is 5.22. The summed E-state index contributed by atoms with van der Waals surface area (Å²) in [5.41, 5.74) is 0. The van der Waals surface area contributed by atoms with Crippen molar-refractivity contribution in [2.75, 3.05) is 13.2 Å². The molecule has 0 aliphatic carbocycles. The molecule has 1 fully saturated rings. The van der Waals surface area contributed by atoms with Crippen LogP contribution in [0.1, 0.15) is 33.6 Å². The summed E-state index contributed by atoms with van der Waals surface area (Å²) in [7, 11) is 0. The number of aliphatic hydroxyl groups excluding tert-OH is 1. The van der Waals surface area contributed by atoms with Crippen molar-refractivity contribution in [3.05, 3.63) is 0 Å². The molecule has 4 heteroatoms. The molecule has 1 heterocycles. The van der Waals surface area contributed by atoms with E-state index in [0.29, 0.717) is 6.54 Å². The second-order valence-electron chi connectivity index (χ2n) is 4.96. The smallest absolute Gasteiger partial charge is 0.223 e. The third-order valence-corrected chi connectivity index (χ3v) is 3.00. The summed E-state index contributed by atoms with van der Waals surface area (Å²) in [6.07, 6.45) is 1.91. The van der Waals surface area contributed by atoms with Gasteiger partial charge in [-0.05, 0) is 32.6 Å². The van der Waals surface area contributed by atoms with E-state index in [1.807, 2.05) is 20.8 Å². The topological polar surface area (TPSA) is 58.6 Å². The molecular weight excluding hydrogens is 206 g/mol. The minimum Gasteiger partial charge on any atom is -0.396 e. The Balaban J connectivity index is 2.35. The van der Waals surface area contributed by atoms with Crippen molar-refractivity contribution >= 4 is 5.91 Å². The van der Waals surface area contributed by atoms with E-state index in [2.05, 4.69) is 5.32 Å². The van der Waals surface area contributed by atoms with Crippen molar-refractivity contribution in [2.24, 2.45) is 11.8 Å². The zero-order chi connectivity index (χ0) is 12.1. The van der Waals surface area contributed by atoms with Gasteiger partial charge in [0, 0.05) is 19.1 Å². The molecule has 1 rings (SSSR count). The molecular formula is C12H23NO3. The van der Waals surface area contributed by atoms with Gasteiger partial charge in [-0.3, -0.25) is 4.79 Å². The summed E-state index contributed by atoms with van der Waals surface area (Å²) in [5.74, 6) is 0.283. The SMILES string of the molecule is CC(CO)CNC(=O)C1CC(C)OC(C)C1. The predicted molar refractivity (Wildman–Crippen MR) is 62.0 cm³/mol. The van der Waals surface area contributed by atoms with Crippen LogP contribution >= 0.6 is 0 Å². The summed E-state index contributed by atoms with van der Waals surface area (Å²) >= 11 is 0. The molecule has 0 radical (unpaired) electrons. The average molecular weight is 229 g/mol. The van der Waals surface area contributed by atoms with Gasteiger partial charge >= 0.3 is 0 Å². The average Bonchev–Trinajstić information content (AvgIpc) is 2.23. The second kappa shape index (κ2) is 6.21. The molecule has 0 saturated carbocycles. The lowest BCUT2D eigenvalue weighted by Gasteiger charge is -2.31. The fourth-order valence-electron chi connectivity index (χ4n) is 2.10. The van der Waals surface area contributed by atoms with Gasteiger partial charge in [0.05, 0.1) is 12.2 Å². The highest BCUT2D eigenvalue weighted by molar-refractivity contribution is 5.78. The van der Waals surface area contributed by atoms with E-state index in [0.717, 1.165) is 12.8 Å². The van der Waals surface area contributed by atoms with Crippen LogP contribution in [0.4, 0.5) is 0 Å². The first-order valence-electron chi connectivity index (χ1n) is 6.07. The van der Waals surface area contributed by atoms with Crippen molar-refractivity contribution in [2.45, 2.75) is 45.8 Å². The zero-order valence-corrected chi connectivity index (χ0v) is 10.4. The Morgan fingerprint density at radius 1 is 1.44 bits per heavy atom. The van der Waals surface area contributed by atoms with Gasteiger partial charge in [0.2, 0.25) is 5.91 Å². The molecule has 0 spiro atoms. The van der Waals surface area contributed by atoms with E-state index < -0.39 is 0 Å². The highest BCUT2D eigenvalue weighted by atomic mass is 16.5. The standard InChI is InChI=1S/C12H23NO3/c1-8(7-14)6-13-12(15)11-4-9(2)16-10(3)5-11/h8-11,14H,4-7H2,1-3H3,(H,13,15). The van der Waals surface area contributed by atoms with Gasteiger partial charge in [-0.15, -0.1) is 0 Å². The monoisotopic (exact) mass is 229 g/mol. The van der Waals surface area contributed by atoms with Crippen LogP contribution < -0.4 is 5.32 Å². The van der Waals surface area contributed by atoms with Crippen molar-refractivity contribution in [3.8, 4) is 0 Å². The predicted octanol–water partition coefficient (Wildman–Crippen LogP) is 0.935. The number of carbonyl (C=O) groups is 1. The Hall–Kier alpha value is -0.610. The summed E-state index contributed by atoms with van der Waals surface area (Å²) in [5, 5.41) is 11.8. The van der Waals surface area contributed by atoms with Gasteiger partial charge in [0.25, 0.3) is 0 Å². The van der Waals surface area contributed by atoms with Gasteiger partial charge in [0.15, 0.2) is 0 Å². The van der Waals surface area contributed by atoms with Crippen LogP contribution in [-0.2, 0) is 9.53 Å². The largest absolute Gasteiger partial charge is 0.396 e. The van der Waals surface area contributed by atoms with Crippen molar-refractivity contribution in [1.82, 2.24) is 5.32 Å². The van der Waals surface area contributed by atoms with E-state index in [-0.39, 0.29) is 36.6 Å². The third-order valence-electron chi connectivity index (χ3n) is 3.00. The maximum absolute atomic E-state index is 11.9. The minimum absolute atomic E-state index is 0.0599. The Labute approximate surface area is 97.4 Å². The first-order valence-corrected chi connectivity index (χ1v) is 6.07. The highest BCUT2D eigenvalue weighted by Gasteiger charge is 2.29. The molecule has 0 aromatic rings. The highest BCUT2D eigenvalue weighted by Crippen LogP contribution is 2.24. The molecule has 3 atom stereocenters. The van der Waals surface area contributed by atoms with Gasteiger partial charge in [0.1, 0.15) is 0 Å². The maximum atomic E-state index is 11.9. The van der Waals surface area contributed by atoms with Crippen LogP contribution in [0.5, 0.6) is 0 Å². The molecule has 0 bridgehead atoms. The van der Waals surface area contributed by atoms with Crippen LogP contribution in [0.2, 0.25) is 0 Å². The van der Waals surface area contributed by atoms with Gasteiger partial charge < -0.3 is 15.2 Å². The van der Waals surface area contributed by atoms with Crippen LogP contribution in [0.3, 0.4) is 0 Å². The normalized spacial score (nSPS) is 32.1. The van der Waals surface area contributed by atoms with Crippen LogP contribution in [-0.4, -0.2) is 36.4 Å². The zero-order valence-electron chi connectivity index (χ0n) is 10.4. The number of amides is 1. The quantitative estimate of drug-likeness (QED) is 0.754. The van der Waals surface area contributed by atoms with Crippen LogP contribution in [0, 0.1) is 11.8 Å². The Morgan fingerprint density at radius 2 is 2.00 bits per heavy atom. The molecule has 1 saturated heterocycles. The molecule has 0 aromatic carbocycles. The van der Waals surface area contributed by atoms with E-state index >= 15 is 0 Å². The number of hydrogen-bond acceptors (Lipinski definition) is 3. The van der Waals surface area contributed by atoms with Gasteiger partial charge in [-0.25, -0.2) is 0 Å². The fraction of sp³-hybridized carbons (Fsp3) is 0.917. The van der Waals surface area contributed by atoms with Gasteiger partial charge in [-0.2, -0.15) is 0 Å². The molecule has 1 aliphatic heterocycles. The first kappa shape index (κ1) is 13.5. The van der Waals surface area contributed by atoms with E-state index in [4.69, 9.17) is 9.84 Å². The minimum atomic E-state index is 0.0599. The lowest BCUT2D eigenvalue weighted by atomic mass is 9.92. The summed E-state index contributed by atoms with van der Waals surface area (Å²) < 4.78 is 5.59. The number of aliphatic hydroxyl groups is 1. The Bertz CT molecular complexity index is 222. The lowest BCUT2D eigenvalue weighted by molar-refractivity contribution is -0.133. The second-order valence-corrected chi connectivity index (χ2v) is 4.96. The number of nitrogens with one attached hydrogen (secondary N) is 1. The Morgan fingerprint density at radius 3 is 2.50 bits per heavy atom. The van der Waals surface area contributed by atoms with Crippen molar-refractivity contribution < 1.29 is 14.6 Å². The molecule has 16 heavy (non-hydrogen) atoms. The van der Waals surface area contributed by atoms with Crippen LogP contribution in [0.15, 0.2) is 0 Å². The van der Waals surface area contributed by atoms with Crippen LogP contribution in [0.25, 0.3) is 0 Å². The molecule has 2 N–H and O–H groups in total. The van der Waals surface area contributed by atoms with Crippen molar-refractivity contribution in [1.29, 1.82) is 0 Å². The molecule has 94 valence electrons. The summed E-state index contributed by atoms with van der Waals surface area (Å²) in [6, 6.07) is 0. The fourth-order valence-corrected chi connectivity index (χ4v) is 2.10. The summed E-state index contributed by atoms with van der Waals surface area (Å²) in [6.45, 7) is 6.59. The molecule has 4 nitrogen and oxygen atoms in total. The summed E-state index contributed by atoms with van der Waals surface area (Å²) in [4.78, 5) is 11.9. The maximum Gasteiger partial charge on any atom is 0.223 e. The number of rotatable bonds is 4. The number of hydrogen-bond donors (Lipinski definition) is 2. The molecule has 3 unspecified atom stereocenters. The van der Waals surface area contributed by atoms with E-state index in [1.54, 1.807) is 0 Å². The third kappa shape index (κ3) is 4.10. The molecule has 1 amide bonds. The first-order chi connectivity index (χ1) is 7.52. The van der Waals surface area contributed by atoms with E-state index in [1.165, 1.54) is 0 Å².